The molecule has 0 aromatic heterocycles. The number of thioether (sulfide) groups is 1. The molecule has 11 heteroatoms. The zero-order chi connectivity index (χ0) is 27.9. The van der Waals surface area contributed by atoms with Crippen LogP contribution in [0.5, 0.6) is 11.5 Å². The minimum absolute atomic E-state index is 0.0984. The zero-order valence-corrected chi connectivity index (χ0v) is 22.0. The van der Waals surface area contributed by atoms with E-state index in [2.05, 4.69) is 10.3 Å². The lowest BCUT2D eigenvalue weighted by atomic mass is 10.1. The summed E-state index contributed by atoms with van der Waals surface area (Å²) in [6, 6.07) is 16.9. The van der Waals surface area contributed by atoms with Crippen LogP contribution in [0.25, 0.3) is 0 Å². The van der Waals surface area contributed by atoms with Gasteiger partial charge in [0.05, 0.1) is 25.5 Å². The molecule has 0 radical (unpaired) electrons. The van der Waals surface area contributed by atoms with E-state index in [9.17, 15) is 18.8 Å². The van der Waals surface area contributed by atoms with Crippen molar-refractivity contribution in [2.24, 2.45) is 4.99 Å². The molecule has 1 aliphatic heterocycles. The molecular formula is C28H26FN3O6S. The number of carboxylic acids is 1. The third-order valence-corrected chi connectivity index (χ3v) is 7.11. The molecule has 4 rings (SSSR count). The summed E-state index contributed by atoms with van der Waals surface area (Å²) < 4.78 is 24.1. The molecule has 0 bridgehead atoms. The van der Waals surface area contributed by atoms with E-state index in [1.54, 1.807) is 20.3 Å². The second kappa shape index (κ2) is 12.4. The minimum atomic E-state index is -1.07. The van der Waals surface area contributed by atoms with E-state index in [1.165, 1.54) is 65.2 Å². The van der Waals surface area contributed by atoms with E-state index >= 15 is 0 Å². The van der Waals surface area contributed by atoms with E-state index in [0.717, 1.165) is 5.56 Å². The summed E-state index contributed by atoms with van der Waals surface area (Å²) in [6.45, 7) is 0.302. The van der Waals surface area contributed by atoms with Crippen molar-refractivity contribution in [3.63, 3.8) is 0 Å². The Morgan fingerprint density at radius 2 is 1.72 bits per heavy atom. The highest BCUT2D eigenvalue weighted by atomic mass is 32.2. The van der Waals surface area contributed by atoms with Gasteiger partial charge >= 0.3 is 5.97 Å². The molecule has 39 heavy (non-hydrogen) atoms. The van der Waals surface area contributed by atoms with Crippen molar-refractivity contribution in [2.75, 3.05) is 26.1 Å². The summed E-state index contributed by atoms with van der Waals surface area (Å²) >= 11 is 1.17. The van der Waals surface area contributed by atoms with Gasteiger partial charge in [0.2, 0.25) is 11.8 Å². The highest BCUT2D eigenvalue weighted by Crippen LogP contribution is 2.33. The van der Waals surface area contributed by atoms with Crippen molar-refractivity contribution in [1.82, 2.24) is 4.90 Å². The fourth-order valence-electron chi connectivity index (χ4n) is 3.91. The van der Waals surface area contributed by atoms with Gasteiger partial charge in [0.1, 0.15) is 11.1 Å². The smallest absolute Gasteiger partial charge is 0.335 e. The number of hydrogen-bond acceptors (Lipinski definition) is 7. The van der Waals surface area contributed by atoms with Gasteiger partial charge < -0.3 is 19.9 Å². The second-order valence-electron chi connectivity index (χ2n) is 8.54. The van der Waals surface area contributed by atoms with Crippen LogP contribution in [0.15, 0.2) is 71.7 Å². The number of carbonyl (C=O) groups excluding carboxylic acids is 2. The quantitative estimate of drug-likeness (QED) is 0.374. The average molecular weight is 552 g/mol. The number of rotatable bonds is 10. The van der Waals surface area contributed by atoms with Gasteiger partial charge in [0.15, 0.2) is 16.7 Å². The number of ether oxygens (including phenoxy) is 2. The van der Waals surface area contributed by atoms with Crippen molar-refractivity contribution in [2.45, 2.75) is 18.1 Å². The number of aromatic carboxylic acids is 1. The Morgan fingerprint density at radius 3 is 2.36 bits per heavy atom. The number of benzene rings is 3. The Hall–Kier alpha value is -4.38. The molecule has 3 aromatic rings. The molecule has 202 valence electrons. The lowest BCUT2D eigenvalue weighted by Crippen LogP contribution is -2.35. The molecule has 1 atom stereocenters. The van der Waals surface area contributed by atoms with Gasteiger partial charge in [-0.3, -0.25) is 14.5 Å². The second-order valence-corrected chi connectivity index (χ2v) is 9.71. The van der Waals surface area contributed by atoms with Crippen LogP contribution in [0.1, 0.15) is 22.3 Å². The monoisotopic (exact) mass is 551 g/mol. The third-order valence-electron chi connectivity index (χ3n) is 5.93. The number of carbonyl (C=O) groups is 3. The number of hydrogen-bond donors (Lipinski definition) is 2. The summed E-state index contributed by atoms with van der Waals surface area (Å²) in [6.07, 6.45) is 0.378. The van der Waals surface area contributed by atoms with E-state index < -0.39 is 22.9 Å². The number of nitrogens with one attached hydrogen (secondary N) is 1. The third kappa shape index (κ3) is 6.94. The lowest BCUT2D eigenvalue weighted by molar-refractivity contribution is -0.128. The van der Waals surface area contributed by atoms with Crippen LogP contribution in [-0.4, -0.2) is 59.0 Å². The van der Waals surface area contributed by atoms with Crippen LogP contribution >= 0.6 is 11.8 Å². The molecule has 2 amide bonds. The predicted molar refractivity (Wildman–Crippen MR) is 146 cm³/mol. The van der Waals surface area contributed by atoms with Crippen LogP contribution in [0, 0.1) is 5.82 Å². The van der Waals surface area contributed by atoms with Gasteiger partial charge in [-0.2, -0.15) is 0 Å². The first-order valence-electron chi connectivity index (χ1n) is 11.9. The summed E-state index contributed by atoms with van der Waals surface area (Å²) in [5, 5.41) is 11.4. The van der Waals surface area contributed by atoms with E-state index in [0.29, 0.717) is 41.0 Å². The van der Waals surface area contributed by atoms with Gasteiger partial charge in [0.25, 0.3) is 0 Å². The van der Waals surface area contributed by atoms with Gasteiger partial charge in [0, 0.05) is 18.7 Å². The van der Waals surface area contributed by atoms with E-state index in [4.69, 9.17) is 14.6 Å². The maximum Gasteiger partial charge on any atom is 0.335 e. The van der Waals surface area contributed by atoms with Crippen LogP contribution in [0.3, 0.4) is 0 Å². The Kier molecular flexibility index (Phi) is 8.82. The number of aliphatic imine (C=N–C) groups is 1. The summed E-state index contributed by atoms with van der Waals surface area (Å²) in [5.41, 5.74) is 1.91. The van der Waals surface area contributed by atoms with E-state index in [-0.39, 0.29) is 17.9 Å². The first-order chi connectivity index (χ1) is 18.8. The van der Waals surface area contributed by atoms with Gasteiger partial charge in [-0.1, -0.05) is 17.8 Å². The predicted octanol–water partition coefficient (Wildman–Crippen LogP) is 4.74. The van der Waals surface area contributed by atoms with Gasteiger partial charge in [-0.25, -0.2) is 14.2 Å². The van der Waals surface area contributed by atoms with Crippen molar-refractivity contribution < 1.29 is 33.4 Å². The molecule has 0 spiro atoms. The lowest BCUT2D eigenvalue weighted by Gasteiger charge is -2.17. The molecule has 0 unspecified atom stereocenters. The van der Waals surface area contributed by atoms with Crippen LogP contribution in [0.2, 0.25) is 0 Å². The van der Waals surface area contributed by atoms with Crippen molar-refractivity contribution >= 4 is 46.1 Å². The summed E-state index contributed by atoms with van der Waals surface area (Å²) in [7, 11) is 3.10. The standard InChI is InChI=1S/C28H26FN3O6S/c1-37-22-12-3-17(15-23(22)38-2)13-14-32-26(34)24(39-28(32)31-21-10-6-19(29)7-11-21)16-25(33)30-20-8-4-18(5-9-20)27(35)36/h3-12,15,24H,13-14,16H2,1-2H3,(H,30,33)(H,35,36)/t24-/m0/s1. The van der Waals surface area contributed by atoms with Crippen LogP contribution < -0.4 is 14.8 Å². The molecule has 9 nitrogen and oxygen atoms in total. The fraction of sp³-hybridized carbons (Fsp3) is 0.214. The number of amides is 2. The van der Waals surface area contributed by atoms with Crippen molar-refractivity contribution in [3.8, 4) is 11.5 Å². The van der Waals surface area contributed by atoms with Gasteiger partial charge in [-0.15, -0.1) is 0 Å². The molecular weight excluding hydrogens is 525 g/mol. The molecule has 1 saturated heterocycles. The van der Waals surface area contributed by atoms with Crippen molar-refractivity contribution in [3.05, 3.63) is 83.7 Å². The minimum Gasteiger partial charge on any atom is -0.493 e. The molecule has 1 aliphatic rings. The number of anilines is 1. The molecule has 2 N–H and O–H groups in total. The fourth-order valence-corrected chi connectivity index (χ4v) is 5.09. The number of halogens is 1. The van der Waals surface area contributed by atoms with Gasteiger partial charge in [-0.05, 0) is 72.6 Å². The topological polar surface area (TPSA) is 118 Å². The maximum absolute atomic E-state index is 13.4. The zero-order valence-electron chi connectivity index (χ0n) is 21.2. The molecule has 0 aliphatic carbocycles. The Balaban J connectivity index is 1.50. The summed E-state index contributed by atoms with van der Waals surface area (Å²) in [4.78, 5) is 43.3. The SMILES string of the molecule is COc1ccc(CCN2C(=O)[C@H](CC(=O)Nc3ccc(C(=O)O)cc3)SC2=Nc2ccc(F)cc2)cc1OC. The highest BCUT2D eigenvalue weighted by molar-refractivity contribution is 8.15. The number of methoxy groups -OCH3 is 2. The Bertz CT molecular complexity index is 1400. The summed E-state index contributed by atoms with van der Waals surface area (Å²) in [5.74, 6) is -0.962. The van der Waals surface area contributed by atoms with Crippen LogP contribution in [0.4, 0.5) is 15.8 Å². The molecule has 1 heterocycles. The van der Waals surface area contributed by atoms with E-state index in [1.807, 2.05) is 12.1 Å². The normalized spacial score (nSPS) is 15.9. The maximum atomic E-state index is 13.4. The molecule has 3 aromatic carbocycles. The number of amidine groups is 1. The largest absolute Gasteiger partial charge is 0.493 e. The number of nitrogens with zero attached hydrogens (tertiary/aromatic N) is 2. The Morgan fingerprint density at radius 1 is 1.03 bits per heavy atom. The molecule has 0 saturated carbocycles. The number of carboxylic acid groups (broad SMARTS) is 1. The molecule has 1 fully saturated rings. The van der Waals surface area contributed by atoms with Crippen molar-refractivity contribution in [1.29, 1.82) is 0 Å². The average Bonchev–Trinajstić information content (AvgIpc) is 3.21. The Labute approximate surface area is 228 Å². The first kappa shape index (κ1) is 27.6. The highest BCUT2D eigenvalue weighted by Gasteiger charge is 2.39. The van der Waals surface area contributed by atoms with Crippen LogP contribution in [-0.2, 0) is 16.0 Å². The first-order valence-corrected chi connectivity index (χ1v) is 12.8.